The zero-order valence-electron chi connectivity index (χ0n) is 13.9. The summed E-state index contributed by atoms with van der Waals surface area (Å²) in [5, 5.41) is 9.31. The Labute approximate surface area is 134 Å². The molecule has 0 spiro atoms. The van der Waals surface area contributed by atoms with E-state index in [1.165, 1.54) is 44.1 Å². The summed E-state index contributed by atoms with van der Waals surface area (Å²) < 4.78 is 0. The summed E-state index contributed by atoms with van der Waals surface area (Å²) in [5.74, 6) is 0. The first-order valence-electron chi connectivity index (χ1n) is 8.69. The second-order valence-corrected chi connectivity index (χ2v) is 6.67. The number of unbranched alkanes of at least 4 members (excludes halogenated alkanes) is 5. The molecule has 3 nitrogen and oxygen atoms in total. The zero-order chi connectivity index (χ0) is 15.8. The van der Waals surface area contributed by atoms with E-state index in [2.05, 4.69) is 36.2 Å². The fourth-order valence-electron chi connectivity index (χ4n) is 2.97. The number of aliphatic hydroxyl groups excluding tert-OH is 1. The van der Waals surface area contributed by atoms with Crippen LogP contribution in [0.4, 0.5) is 0 Å². The van der Waals surface area contributed by atoms with Crippen LogP contribution < -0.4 is 5.73 Å². The van der Waals surface area contributed by atoms with Gasteiger partial charge in [-0.05, 0) is 24.0 Å². The third-order valence-corrected chi connectivity index (χ3v) is 4.53. The molecule has 0 saturated heterocycles. The van der Waals surface area contributed by atoms with Gasteiger partial charge in [0.15, 0.2) is 0 Å². The van der Waals surface area contributed by atoms with Gasteiger partial charge in [-0.1, -0.05) is 63.3 Å². The second kappa shape index (κ2) is 8.44. The maximum atomic E-state index is 9.31. The summed E-state index contributed by atoms with van der Waals surface area (Å²) >= 11 is 0. The van der Waals surface area contributed by atoms with Crippen molar-refractivity contribution in [1.29, 1.82) is 0 Å². The van der Waals surface area contributed by atoms with Crippen LogP contribution in [0, 0.1) is 0 Å². The molecule has 1 aliphatic rings. The summed E-state index contributed by atoms with van der Waals surface area (Å²) in [6.45, 7) is 2.78. The number of aliphatic imine (C=N–C) groups is 1. The average molecular weight is 302 g/mol. The topological polar surface area (TPSA) is 58.6 Å². The van der Waals surface area contributed by atoms with E-state index in [0.717, 1.165) is 17.7 Å². The maximum absolute atomic E-state index is 9.31. The van der Waals surface area contributed by atoms with Crippen molar-refractivity contribution in [1.82, 2.24) is 0 Å². The van der Waals surface area contributed by atoms with Crippen LogP contribution >= 0.6 is 0 Å². The van der Waals surface area contributed by atoms with Crippen molar-refractivity contribution >= 4 is 5.71 Å². The Morgan fingerprint density at radius 2 is 1.77 bits per heavy atom. The van der Waals surface area contributed by atoms with E-state index in [1.54, 1.807) is 0 Å². The van der Waals surface area contributed by atoms with Gasteiger partial charge >= 0.3 is 0 Å². The predicted molar refractivity (Wildman–Crippen MR) is 93.5 cm³/mol. The molecule has 2 rings (SSSR count). The molecule has 0 radical (unpaired) electrons. The minimum atomic E-state index is -0.549. The number of nitrogens with zero attached hydrogens (tertiary/aromatic N) is 1. The number of hydrogen-bond acceptors (Lipinski definition) is 3. The second-order valence-electron chi connectivity index (χ2n) is 6.67. The number of hydrogen-bond donors (Lipinski definition) is 2. The highest BCUT2D eigenvalue weighted by molar-refractivity contribution is 6.02. The minimum absolute atomic E-state index is 0.00385. The van der Waals surface area contributed by atoms with E-state index in [9.17, 15) is 5.11 Å². The summed E-state index contributed by atoms with van der Waals surface area (Å²) in [4.78, 5) is 4.50. The van der Waals surface area contributed by atoms with Gasteiger partial charge in [-0.15, -0.1) is 0 Å². The molecule has 1 unspecified atom stereocenters. The van der Waals surface area contributed by atoms with Crippen molar-refractivity contribution in [2.24, 2.45) is 10.7 Å². The Bertz CT molecular complexity index is 481. The van der Waals surface area contributed by atoms with Crippen molar-refractivity contribution in [3.63, 3.8) is 0 Å². The summed E-state index contributed by atoms with van der Waals surface area (Å²) in [6, 6.07) is 8.71. The lowest BCUT2D eigenvalue weighted by molar-refractivity contribution is 0.211. The summed E-state index contributed by atoms with van der Waals surface area (Å²) in [5.41, 5.74) is 9.10. The van der Waals surface area contributed by atoms with Gasteiger partial charge in [-0.25, -0.2) is 0 Å². The van der Waals surface area contributed by atoms with Crippen molar-refractivity contribution in [2.75, 3.05) is 13.2 Å². The van der Waals surface area contributed by atoms with Crippen LogP contribution in [-0.2, 0) is 6.42 Å². The first-order valence-corrected chi connectivity index (χ1v) is 8.69. The average Bonchev–Trinajstić information content (AvgIpc) is 2.94. The number of rotatable bonds is 9. The third kappa shape index (κ3) is 4.92. The lowest BCUT2D eigenvalue weighted by Gasteiger charge is -2.18. The van der Waals surface area contributed by atoms with E-state index in [4.69, 9.17) is 5.73 Å². The molecule has 0 aliphatic carbocycles. The molecule has 22 heavy (non-hydrogen) atoms. The smallest absolute Gasteiger partial charge is 0.0642 e. The van der Waals surface area contributed by atoms with Crippen LogP contribution in [0.25, 0.3) is 0 Å². The quantitative estimate of drug-likeness (QED) is 0.686. The van der Waals surface area contributed by atoms with Crippen molar-refractivity contribution in [2.45, 2.75) is 63.8 Å². The van der Waals surface area contributed by atoms with Gasteiger partial charge in [0.25, 0.3) is 0 Å². The van der Waals surface area contributed by atoms with E-state index in [0.29, 0.717) is 13.0 Å². The summed E-state index contributed by atoms with van der Waals surface area (Å²) in [6.07, 6.45) is 9.86. The first-order chi connectivity index (χ1) is 10.7. The van der Waals surface area contributed by atoms with Crippen LogP contribution in [0.5, 0.6) is 0 Å². The third-order valence-electron chi connectivity index (χ3n) is 4.53. The standard InChI is InChI=1S/C19H30N2O/c1-2-3-4-5-6-7-8-16-9-11-17(12-10-16)18-13-19(20,15-22)14-21-18/h9-12,22H,2-8,13-15,20H2,1H3. The first kappa shape index (κ1) is 17.2. The Morgan fingerprint density at radius 1 is 1.09 bits per heavy atom. The Kier molecular flexibility index (Phi) is 6.59. The summed E-state index contributed by atoms with van der Waals surface area (Å²) in [7, 11) is 0. The molecule has 1 aliphatic heterocycles. The SMILES string of the molecule is CCCCCCCCc1ccc(C2=NCC(N)(CO)C2)cc1. The van der Waals surface area contributed by atoms with E-state index in [-0.39, 0.29) is 6.61 Å². The molecule has 1 atom stereocenters. The van der Waals surface area contributed by atoms with E-state index < -0.39 is 5.54 Å². The van der Waals surface area contributed by atoms with Crippen LogP contribution in [0.3, 0.4) is 0 Å². The molecule has 0 saturated carbocycles. The highest BCUT2D eigenvalue weighted by atomic mass is 16.3. The highest BCUT2D eigenvalue weighted by Gasteiger charge is 2.31. The lowest BCUT2D eigenvalue weighted by Crippen LogP contribution is -2.44. The van der Waals surface area contributed by atoms with Gasteiger partial charge in [-0.3, -0.25) is 4.99 Å². The molecule has 0 aromatic heterocycles. The molecule has 3 heteroatoms. The molecular weight excluding hydrogens is 272 g/mol. The van der Waals surface area contributed by atoms with E-state index in [1.807, 2.05) is 0 Å². The molecule has 0 fully saturated rings. The largest absolute Gasteiger partial charge is 0.394 e. The fourth-order valence-corrected chi connectivity index (χ4v) is 2.97. The molecule has 0 amide bonds. The fraction of sp³-hybridized carbons (Fsp3) is 0.632. The highest BCUT2D eigenvalue weighted by Crippen LogP contribution is 2.21. The monoisotopic (exact) mass is 302 g/mol. The molecule has 3 N–H and O–H groups in total. The van der Waals surface area contributed by atoms with Crippen molar-refractivity contribution < 1.29 is 5.11 Å². The Hall–Kier alpha value is -1.19. The zero-order valence-corrected chi connectivity index (χ0v) is 13.9. The predicted octanol–water partition coefficient (Wildman–Crippen LogP) is 3.47. The number of benzene rings is 1. The molecule has 1 heterocycles. The Morgan fingerprint density at radius 3 is 2.41 bits per heavy atom. The molecular formula is C19H30N2O. The molecule has 0 bridgehead atoms. The lowest BCUT2D eigenvalue weighted by atomic mass is 9.94. The van der Waals surface area contributed by atoms with Gasteiger partial charge in [0, 0.05) is 12.1 Å². The van der Waals surface area contributed by atoms with Gasteiger partial charge in [0.05, 0.1) is 18.7 Å². The molecule has 1 aromatic rings. The van der Waals surface area contributed by atoms with Gasteiger partial charge < -0.3 is 10.8 Å². The van der Waals surface area contributed by atoms with Crippen LogP contribution in [-0.4, -0.2) is 29.5 Å². The van der Waals surface area contributed by atoms with Crippen molar-refractivity contribution in [3.05, 3.63) is 35.4 Å². The normalized spacial score (nSPS) is 21.1. The van der Waals surface area contributed by atoms with Gasteiger partial charge in [0.1, 0.15) is 0 Å². The van der Waals surface area contributed by atoms with Crippen LogP contribution in [0.15, 0.2) is 29.3 Å². The number of aryl methyl sites for hydroxylation is 1. The van der Waals surface area contributed by atoms with Crippen molar-refractivity contribution in [3.8, 4) is 0 Å². The number of nitrogens with two attached hydrogens (primary N) is 1. The van der Waals surface area contributed by atoms with Crippen LogP contribution in [0.2, 0.25) is 0 Å². The van der Waals surface area contributed by atoms with Gasteiger partial charge in [-0.2, -0.15) is 0 Å². The van der Waals surface area contributed by atoms with E-state index >= 15 is 0 Å². The molecule has 1 aromatic carbocycles. The minimum Gasteiger partial charge on any atom is -0.394 e. The maximum Gasteiger partial charge on any atom is 0.0642 e. The van der Waals surface area contributed by atoms with Crippen LogP contribution in [0.1, 0.15) is 63.0 Å². The molecule has 122 valence electrons. The van der Waals surface area contributed by atoms with Gasteiger partial charge in [0.2, 0.25) is 0 Å². The Balaban J connectivity index is 1.76. The number of aliphatic hydroxyl groups is 1.